The van der Waals surface area contributed by atoms with Crippen molar-refractivity contribution in [2.24, 2.45) is 5.73 Å². The van der Waals surface area contributed by atoms with Gasteiger partial charge in [0.1, 0.15) is 0 Å². The Morgan fingerprint density at radius 1 is 1.60 bits per heavy atom. The third-order valence-electron chi connectivity index (χ3n) is 1.93. The molecular formula is C9H12N4OS. The zero-order valence-electron chi connectivity index (χ0n) is 8.38. The number of aryl methyl sites for hydroxylation is 1. The summed E-state index contributed by atoms with van der Waals surface area (Å²) in [5.41, 5.74) is 7.39. The molecule has 2 aromatic rings. The quantitative estimate of drug-likeness (QED) is 0.850. The number of nitrogens with two attached hydrogens (primary N) is 1. The van der Waals surface area contributed by atoms with Crippen molar-refractivity contribution >= 4 is 11.3 Å². The zero-order valence-corrected chi connectivity index (χ0v) is 9.20. The molecule has 2 rings (SSSR count). The van der Waals surface area contributed by atoms with Crippen LogP contribution in [0.2, 0.25) is 0 Å². The van der Waals surface area contributed by atoms with Crippen molar-refractivity contribution in [3.8, 4) is 10.7 Å². The molecule has 80 valence electrons. The van der Waals surface area contributed by atoms with Gasteiger partial charge in [0.15, 0.2) is 0 Å². The van der Waals surface area contributed by atoms with Crippen LogP contribution < -0.4 is 5.73 Å². The number of thiazole rings is 1. The minimum atomic E-state index is 0.156. The average molecular weight is 224 g/mol. The Hall–Kier alpha value is -1.27. The van der Waals surface area contributed by atoms with Gasteiger partial charge in [-0.2, -0.15) is 4.98 Å². The first-order valence-corrected chi connectivity index (χ1v) is 5.60. The molecule has 2 aromatic heterocycles. The Morgan fingerprint density at radius 2 is 2.47 bits per heavy atom. The van der Waals surface area contributed by atoms with Crippen molar-refractivity contribution in [3.63, 3.8) is 0 Å². The molecule has 0 bridgehead atoms. The average Bonchev–Trinajstić information content (AvgIpc) is 2.85. The molecule has 0 fully saturated rings. The summed E-state index contributed by atoms with van der Waals surface area (Å²) in [6.07, 6.45) is 3.30. The van der Waals surface area contributed by atoms with Gasteiger partial charge >= 0.3 is 0 Å². The molecule has 1 unspecified atom stereocenters. The molecular weight excluding hydrogens is 212 g/mol. The van der Waals surface area contributed by atoms with Gasteiger partial charge in [-0.3, -0.25) is 4.98 Å². The van der Waals surface area contributed by atoms with Gasteiger partial charge in [-0.15, -0.1) is 11.3 Å². The van der Waals surface area contributed by atoms with E-state index in [1.165, 1.54) is 11.3 Å². The largest absolute Gasteiger partial charge is 0.339 e. The third-order valence-corrected chi connectivity index (χ3v) is 2.70. The van der Waals surface area contributed by atoms with Crippen molar-refractivity contribution < 1.29 is 4.52 Å². The van der Waals surface area contributed by atoms with Crippen LogP contribution in [-0.2, 0) is 6.42 Å². The molecule has 2 N–H and O–H groups in total. The van der Waals surface area contributed by atoms with Gasteiger partial charge in [0.25, 0.3) is 0 Å². The first-order valence-electron chi connectivity index (χ1n) is 4.72. The standard InChI is InChI=1S/C9H12N4OS/c1-6(10)2-3-8-12-9(13-14-8)7-4-11-5-15-7/h4-6H,2-3,10H2,1H3. The second kappa shape index (κ2) is 4.50. The Labute approximate surface area is 91.3 Å². The lowest BCUT2D eigenvalue weighted by atomic mass is 10.2. The van der Waals surface area contributed by atoms with Crippen molar-refractivity contribution in [2.45, 2.75) is 25.8 Å². The van der Waals surface area contributed by atoms with E-state index in [9.17, 15) is 0 Å². The van der Waals surface area contributed by atoms with E-state index < -0.39 is 0 Å². The van der Waals surface area contributed by atoms with Crippen molar-refractivity contribution in [2.75, 3.05) is 0 Å². The van der Waals surface area contributed by atoms with Gasteiger partial charge in [0, 0.05) is 18.7 Å². The fraction of sp³-hybridized carbons (Fsp3) is 0.444. The van der Waals surface area contributed by atoms with E-state index in [0.29, 0.717) is 11.7 Å². The van der Waals surface area contributed by atoms with Crippen LogP contribution in [0.1, 0.15) is 19.2 Å². The molecule has 0 saturated carbocycles. The van der Waals surface area contributed by atoms with Crippen LogP contribution in [0.25, 0.3) is 10.7 Å². The number of aromatic nitrogens is 3. The second-order valence-corrected chi connectivity index (χ2v) is 4.28. The molecule has 15 heavy (non-hydrogen) atoms. The summed E-state index contributed by atoms with van der Waals surface area (Å²) in [4.78, 5) is 9.14. The Morgan fingerprint density at radius 3 is 3.13 bits per heavy atom. The lowest BCUT2D eigenvalue weighted by Gasteiger charge is -1.99. The zero-order chi connectivity index (χ0) is 10.7. The lowest BCUT2D eigenvalue weighted by molar-refractivity contribution is 0.373. The van der Waals surface area contributed by atoms with Crippen LogP contribution in [0.4, 0.5) is 0 Å². The summed E-state index contributed by atoms with van der Waals surface area (Å²) >= 11 is 1.49. The summed E-state index contributed by atoms with van der Waals surface area (Å²) in [5, 5.41) is 3.88. The van der Waals surface area contributed by atoms with E-state index in [0.717, 1.165) is 17.7 Å². The first-order chi connectivity index (χ1) is 7.25. The van der Waals surface area contributed by atoms with Crippen LogP contribution >= 0.6 is 11.3 Å². The van der Waals surface area contributed by atoms with Crippen LogP contribution in [0.15, 0.2) is 16.2 Å². The summed E-state index contributed by atoms with van der Waals surface area (Å²) in [5.74, 6) is 1.24. The topological polar surface area (TPSA) is 77.8 Å². The molecule has 0 aliphatic heterocycles. The van der Waals surface area contributed by atoms with E-state index in [1.807, 2.05) is 6.92 Å². The van der Waals surface area contributed by atoms with E-state index in [2.05, 4.69) is 15.1 Å². The molecule has 5 nitrogen and oxygen atoms in total. The van der Waals surface area contributed by atoms with Crippen LogP contribution in [0, 0.1) is 0 Å². The van der Waals surface area contributed by atoms with Gasteiger partial charge in [0.05, 0.1) is 10.4 Å². The smallest absolute Gasteiger partial charge is 0.227 e. The highest BCUT2D eigenvalue weighted by molar-refractivity contribution is 7.13. The van der Waals surface area contributed by atoms with E-state index in [4.69, 9.17) is 10.3 Å². The number of hydrogen-bond donors (Lipinski definition) is 1. The molecule has 0 spiro atoms. The highest BCUT2D eigenvalue weighted by Crippen LogP contribution is 2.19. The van der Waals surface area contributed by atoms with E-state index in [-0.39, 0.29) is 6.04 Å². The Bertz CT molecular complexity index is 409. The van der Waals surface area contributed by atoms with Gasteiger partial charge in [0.2, 0.25) is 11.7 Å². The third kappa shape index (κ3) is 2.60. The summed E-state index contributed by atoms with van der Waals surface area (Å²) in [6, 6.07) is 0.156. The van der Waals surface area contributed by atoms with Gasteiger partial charge in [-0.1, -0.05) is 5.16 Å². The lowest BCUT2D eigenvalue weighted by Crippen LogP contribution is -2.15. The van der Waals surface area contributed by atoms with Crippen LogP contribution in [0.3, 0.4) is 0 Å². The number of hydrogen-bond acceptors (Lipinski definition) is 6. The monoisotopic (exact) mass is 224 g/mol. The maximum atomic E-state index is 5.64. The second-order valence-electron chi connectivity index (χ2n) is 3.39. The molecule has 1 atom stereocenters. The number of nitrogens with zero attached hydrogens (tertiary/aromatic N) is 3. The fourth-order valence-electron chi connectivity index (χ4n) is 1.13. The van der Waals surface area contributed by atoms with Gasteiger partial charge in [-0.25, -0.2) is 0 Å². The molecule has 0 aromatic carbocycles. The summed E-state index contributed by atoms with van der Waals surface area (Å²) < 4.78 is 5.10. The van der Waals surface area contributed by atoms with Crippen LogP contribution in [0.5, 0.6) is 0 Å². The Balaban J connectivity index is 2.04. The molecule has 0 aliphatic carbocycles. The van der Waals surface area contributed by atoms with Gasteiger partial charge in [-0.05, 0) is 13.3 Å². The Kier molecular flexibility index (Phi) is 3.08. The van der Waals surface area contributed by atoms with Gasteiger partial charge < -0.3 is 10.3 Å². The maximum absolute atomic E-state index is 5.64. The predicted molar refractivity (Wildman–Crippen MR) is 57.4 cm³/mol. The van der Waals surface area contributed by atoms with Crippen molar-refractivity contribution in [1.82, 2.24) is 15.1 Å². The highest BCUT2D eigenvalue weighted by atomic mass is 32.1. The molecule has 6 heteroatoms. The molecule has 0 amide bonds. The fourth-order valence-corrected chi connectivity index (χ4v) is 1.68. The molecule has 0 saturated heterocycles. The van der Waals surface area contributed by atoms with Crippen molar-refractivity contribution in [3.05, 3.63) is 17.6 Å². The summed E-state index contributed by atoms with van der Waals surface area (Å²) in [7, 11) is 0. The molecule has 0 aliphatic rings. The predicted octanol–water partition coefficient (Wildman–Crippen LogP) is 1.47. The molecule has 2 heterocycles. The van der Waals surface area contributed by atoms with E-state index >= 15 is 0 Å². The van der Waals surface area contributed by atoms with Crippen LogP contribution in [-0.4, -0.2) is 21.2 Å². The molecule has 0 radical (unpaired) electrons. The summed E-state index contributed by atoms with van der Waals surface area (Å²) in [6.45, 7) is 1.96. The SMILES string of the molecule is CC(N)CCc1nc(-c2cncs2)no1. The highest BCUT2D eigenvalue weighted by Gasteiger charge is 2.09. The maximum Gasteiger partial charge on any atom is 0.227 e. The van der Waals surface area contributed by atoms with Crippen molar-refractivity contribution in [1.29, 1.82) is 0 Å². The minimum Gasteiger partial charge on any atom is -0.339 e. The number of rotatable bonds is 4. The van der Waals surface area contributed by atoms with E-state index in [1.54, 1.807) is 11.7 Å². The minimum absolute atomic E-state index is 0.156. The normalized spacial score (nSPS) is 12.9. The first kappa shape index (κ1) is 10.3.